The quantitative estimate of drug-likeness (QED) is 0.428. The minimum Gasteiger partial charge on any atom is -0.486 e. The van der Waals surface area contributed by atoms with E-state index in [0.717, 1.165) is 47.2 Å². The minimum absolute atomic E-state index is 0.601. The molecule has 5 rings (SSSR count). The molecule has 4 aromatic rings. The van der Waals surface area contributed by atoms with Gasteiger partial charge in [-0.15, -0.1) is 0 Å². The van der Waals surface area contributed by atoms with E-state index in [2.05, 4.69) is 84.2 Å². The summed E-state index contributed by atoms with van der Waals surface area (Å²) >= 11 is 0. The summed E-state index contributed by atoms with van der Waals surface area (Å²) in [5.74, 6) is 2.64. The highest BCUT2D eigenvalue weighted by atomic mass is 16.6. The van der Waals surface area contributed by atoms with Crippen LogP contribution in [0.2, 0.25) is 0 Å². The summed E-state index contributed by atoms with van der Waals surface area (Å²) in [6.07, 6.45) is 0. The average Bonchev–Trinajstić information content (AvgIpc) is 3.16. The molecule has 0 radical (unpaired) electrons. The Labute approximate surface area is 188 Å². The van der Waals surface area contributed by atoms with Crippen molar-refractivity contribution < 1.29 is 9.47 Å². The smallest absolute Gasteiger partial charge is 0.161 e. The van der Waals surface area contributed by atoms with Crippen LogP contribution in [0.4, 0.5) is 0 Å². The molecule has 1 aliphatic heterocycles. The van der Waals surface area contributed by atoms with Crippen LogP contribution >= 0.6 is 0 Å². The standard InChI is InChI=1S/C27H27N3O2/c1-29(18-20-13-14-24-25(17-20)32-16-15-31-24)19-23-26(21-9-5-3-6-10-21)28-27(30(23)2)22-11-7-4-8-12-22/h3-14,17H,15-16,18-19H2,1-2H3. The molecule has 1 aliphatic rings. The molecule has 0 unspecified atom stereocenters. The molecule has 0 fully saturated rings. The van der Waals surface area contributed by atoms with Gasteiger partial charge in [0, 0.05) is 31.3 Å². The molecule has 0 aliphatic carbocycles. The Balaban J connectivity index is 1.45. The third kappa shape index (κ3) is 4.12. The minimum atomic E-state index is 0.601. The molecule has 0 amide bonds. The second kappa shape index (κ2) is 8.89. The lowest BCUT2D eigenvalue weighted by Crippen LogP contribution is -2.20. The molecule has 3 aromatic carbocycles. The van der Waals surface area contributed by atoms with Crippen LogP contribution in [0.15, 0.2) is 78.9 Å². The molecular formula is C27H27N3O2. The molecule has 1 aromatic heterocycles. The van der Waals surface area contributed by atoms with Gasteiger partial charge in [-0.3, -0.25) is 4.90 Å². The predicted molar refractivity (Wildman–Crippen MR) is 127 cm³/mol. The van der Waals surface area contributed by atoms with Crippen LogP contribution in [0, 0.1) is 0 Å². The maximum absolute atomic E-state index is 5.75. The molecule has 32 heavy (non-hydrogen) atoms. The first-order valence-electron chi connectivity index (χ1n) is 10.9. The summed E-state index contributed by atoms with van der Waals surface area (Å²) in [6, 6.07) is 27.0. The molecular weight excluding hydrogens is 398 g/mol. The molecule has 5 heteroatoms. The first-order chi connectivity index (χ1) is 15.7. The van der Waals surface area contributed by atoms with E-state index in [1.54, 1.807) is 0 Å². The van der Waals surface area contributed by atoms with E-state index < -0.39 is 0 Å². The lowest BCUT2D eigenvalue weighted by atomic mass is 10.1. The largest absolute Gasteiger partial charge is 0.486 e. The Hall–Kier alpha value is -3.57. The zero-order chi connectivity index (χ0) is 21.9. The lowest BCUT2D eigenvalue weighted by Gasteiger charge is -2.21. The van der Waals surface area contributed by atoms with Gasteiger partial charge in [-0.05, 0) is 24.7 Å². The maximum Gasteiger partial charge on any atom is 0.161 e. The van der Waals surface area contributed by atoms with Crippen LogP contribution in [0.1, 0.15) is 11.3 Å². The van der Waals surface area contributed by atoms with Crippen molar-refractivity contribution in [2.75, 3.05) is 20.3 Å². The highest BCUT2D eigenvalue weighted by molar-refractivity contribution is 5.68. The summed E-state index contributed by atoms with van der Waals surface area (Å²) in [5.41, 5.74) is 5.67. The van der Waals surface area contributed by atoms with Gasteiger partial charge in [-0.1, -0.05) is 66.7 Å². The topological polar surface area (TPSA) is 39.5 Å². The zero-order valence-electron chi connectivity index (χ0n) is 18.5. The Bertz CT molecular complexity index is 1200. The van der Waals surface area contributed by atoms with Crippen LogP contribution in [0.3, 0.4) is 0 Å². The van der Waals surface area contributed by atoms with E-state index in [-0.39, 0.29) is 0 Å². The Kier molecular flexibility index (Phi) is 5.65. The summed E-state index contributed by atoms with van der Waals surface area (Å²) in [6.45, 7) is 2.79. The highest BCUT2D eigenvalue weighted by Crippen LogP contribution is 2.32. The van der Waals surface area contributed by atoms with Crippen LogP contribution in [0.5, 0.6) is 11.5 Å². The number of rotatable bonds is 6. The molecule has 0 saturated carbocycles. The van der Waals surface area contributed by atoms with Crippen LogP contribution < -0.4 is 9.47 Å². The van der Waals surface area contributed by atoms with Gasteiger partial charge in [0.15, 0.2) is 11.5 Å². The predicted octanol–water partition coefficient (Wildman–Crippen LogP) is 5.16. The van der Waals surface area contributed by atoms with E-state index in [9.17, 15) is 0 Å². The Morgan fingerprint density at radius 3 is 2.19 bits per heavy atom. The van der Waals surface area contributed by atoms with Crippen molar-refractivity contribution >= 4 is 0 Å². The van der Waals surface area contributed by atoms with Gasteiger partial charge in [0.1, 0.15) is 19.0 Å². The van der Waals surface area contributed by atoms with Gasteiger partial charge >= 0.3 is 0 Å². The van der Waals surface area contributed by atoms with E-state index in [4.69, 9.17) is 14.5 Å². The number of hydrogen-bond donors (Lipinski definition) is 0. The number of ether oxygens (including phenoxy) is 2. The SMILES string of the molecule is CN(Cc1ccc2c(c1)OCCO2)Cc1c(-c2ccccc2)nc(-c2ccccc2)n1C. The van der Waals surface area contributed by atoms with Crippen LogP contribution in [-0.4, -0.2) is 34.7 Å². The fourth-order valence-electron chi connectivity index (χ4n) is 4.20. The number of nitrogens with zero attached hydrogens (tertiary/aromatic N) is 3. The summed E-state index contributed by atoms with van der Waals surface area (Å²) in [7, 11) is 4.25. The third-order valence-corrected chi connectivity index (χ3v) is 5.77. The monoisotopic (exact) mass is 425 g/mol. The van der Waals surface area contributed by atoms with Crippen molar-refractivity contribution in [2.45, 2.75) is 13.1 Å². The molecule has 0 bridgehead atoms. The average molecular weight is 426 g/mol. The zero-order valence-corrected chi connectivity index (χ0v) is 18.5. The van der Waals surface area contributed by atoms with Crippen molar-refractivity contribution in [1.82, 2.24) is 14.5 Å². The molecule has 0 atom stereocenters. The number of imidazole rings is 1. The first kappa shape index (κ1) is 20.3. The first-order valence-corrected chi connectivity index (χ1v) is 10.9. The second-order valence-corrected chi connectivity index (χ2v) is 8.17. The molecule has 5 nitrogen and oxygen atoms in total. The maximum atomic E-state index is 5.75. The van der Waals surface area contributed by atoms with Gasteiger partial charge in [0.25, 0.3) is 0 Å². The third-order valence-electron chi connectivity index (χ3n) is 5.77. The van der Waals surface area contributed by atoms with Gasteiger partial charge in [-0.2, -0.15) is 0 Å². The highest BCUT2D eigenvalue weighted by Gasteiger charge is 2.19. The molecule has 0 N–H and O–H groups in total. The van der Waals surface area contributed by atoms with E-state index >= 15 is 0 Å². The summed E-state index contributed by atoms with van der Waals surface area (Å²) < 4.78 is 13.6. The summed E-state index contributed by atoms with van der Waals surface area (Å²) in [5, 5.41) is 0. The second-order valence-electron chi connectivity index (χ2n) is 8.17. The Morgan fingerprint density at radius 1 is 0.812 bits per heavy atom. The molecule has 162 valence electrons. The molecule has 2 heterocycles. The van der Waals surface area contributed by atoms with Gasteiger partial charge in [0.2, 0.25) is 0 Å². The van der Waals surface area contributed by atoms with Gasteiger partial charge in [0.05, 0.1) is 11.4 Å². The number of aromatic nitrogens is 2. The molecule has 0 spiro atoms. The lowest BCUT2D eigenvalue weighted by molar-refractivity contribution is 0.171. The number of fused-ring (bicyclic) bond motifs is 1. The van der Waals surface area contributed by atoms with Crippen molar-refractivity contribution in [2.24, 2.45) is 7.05 Å². The normalized spacial score (nSPS) is 12.8. The fourth-order valence-corrected chi connectivity index (χ4v) is 4.20. The van der Waals surface area contributed by atoms with Gasteiger partial charge < -0.3 is 14.0 Å². The van der Waals surface area contributed by atoms with Crippen molar-refractivity contribution in [3.05, 3.63) is 90.1 Å². The summed E-state index contributed by atoms with van der Waals surface area (Å²) in [4.78, 5) is 7.38. The fraction of sp³-hybridized carbons (Fsp3) is 0.222. The van der Waals surface area contributed by atoms with E-state index in [1.165, 1.54) is 11.3 Å². The molecule has 0 saturated heterocycles. The van der Waals surface area contributed by atoms with E-state index in [1.807, 2.05) is 18.2 Å². The van der Waals surface area contributed by atoms with Gasteiger partial charge in [-0.25, -0.2) is 4.98 Å². The van der Waals surface area contributed by atoms with Crippen LogP contribution in [0.25, 0.3) is 22.6 Å². The van der Waals surface area contributed by atoms with Crippen LogP contribution in [-0.2, 0) is 20.1 Å². The van der Waals surface area contributed by atoms with Crippen molar-refractivity contribution in [3.63, 3.8) is 0 Å². The van der Waals surface area contributed by atoms with Crippen molar-refractivity contribution in [1.29, 1.82) is 0 Å². The number of hydrogen-bond acceptors (Lipinski definition) is 4. The van der Waals surface area contributed by atoms with Crippen molar-refractivity contribution in [3.8, 4) is 34.1 Å². The number of benzene rings is 3. The Morgan fingerprint density at radius 2 is 1.47 bits per heavy atom. The van der Waals surface area contributed by atoms with E-state index in [0.29, 0.717) is 13.2 Å².